The summed E-state index contributed by atoms with van der Waals surface area (Å²) in [4.78, 5) is 20.9. The monoisotopic (exact) mass is 462 g/mol. The first-order valence-corrected chi connectivity index (χ1v) is 12.2. The maximum atomic E-state index is 13.2. The van der Waals surface area contributed by atoms with Crippen molar-refractivity contribution in [1.82, 2.24) is 9.97 Å². The number of ether oxygens (including phenoxy) is 3. The minimum atomic E-state index is -0.0847. The average Bonchev–Trinajstić information content (AvgIpc) is 2.88. The maximum Gasteiger partial charge on any atom is 0.212 e. The number of methoxy groups -OCH3 is 1. The SMILES string of the molecule is CCCc1ccc(CCc2[nH]c(OCC3CCCCO3)cc(=O)c2-c2ccc(OC)nc2)cc1. The van der Waals surface area contributed by atoms with E-state index in [9.17, 15) is 4.79 Å². The lowest BCUT2D eigenvalue weighted by Gasteiger charge is -2.22. The fourth-order valence-electron chi connectivity index (χ4n) is 4.37. The van der Waals surface area contributed by atoms with E-state index in [4.69, 9.17) is 14.2 Å². The fraction of sp³-hybridized carbons (Fsp3) is 0.429. The third kappa shape index (κ3) is 6.26. The van der Waals surface area contributed by atoms with E-state index < -0.39 is 0 Å². The Labute approximate surface area is 201 Å². The smallest absolute Gasteiger partial charge is 0.212 e. The topological polar surface area (TPSA) is 73.4 Å². The molecule has 1 saturated heterocycles. The van der Waals surface area contributed by atoms with E-state index in [-0.39, 0.29) is 11.5 Å². The molecular formula is C28H34N2O4. The first-order chi connectivity index (χ1) is 16.7. The molecule has 1 aliphatic heterocycles. The quantitative estimate of drug-likeness (QED) is 0.452. The molecule has 180 valence electrons. The first kappa shape index (κ1) is 24.0. The molecule has 0 spiro atoms. The van der Waals surface area contributed by atoms with Crippen molar-refractivity contribution < 1.29 is 14.2 Å². The second-order valence-electron chi connectivity index (χ2n) is 8.81. The molecule has 0 saturated carbocycles. The maximum absolute atomic E-state index is 13.2. The first-order valence-electron chi connectivity index (χ1n) is 12.2. The number of hydrogen-bond acceptors (Lipinski definition) is 5. The van der Waals surface area contributed by atoms with Crippen molar-refractivity contribution in [3.05, 3.63) is 75.7 Å². The van der Waals surface area contributed by atoms with Crippen LogP contribution in [0.5, 0.6) is 11.8 Å². The standard InChI is InChI=1S/C28H34N2O4/c1-3-6-20-8-10-21(11-9-20)12-14-24-28(22-13-15-26(32-2)29-18-22)25(31)17-27(30-24)34-19-23-7-4-5-16-33-23/h8-11,13,15,17-18,23H,3-7,12,14,16,19H2,1-2H3,(H,30,31). The summed E-state index contributed by atoms with van der Waals surface area (Å²) in [5.74, 6) is 0.999. The van der Waals surface area contributed by atoms with Crippen LogP contribution in [0, 0.1) is 0 Å². The number of aryl methyl sites for hydroxylation is 3. The van der Waals surface area contributed by atoms with Crippen LogP contribution in [0.2, 0.25) is 0 Å². The number of nitrogens with one attached hydrogen (secondary N) is 1. The zero-order valence-electron chi connectivity index (χ0n) is 20.1. The number of pyridine rings is 2. The average molecular weight is 463 g/mol. The molecule has 34 heavy (non-hydrogen) atoms. The molecule has 6 heteroatoms. The van der Waals surface area contributed by atoms with Gasteiger partial charge in [-0.3, -0.25) is 4.79 Å². The molecule has 2 aromatic heterocycles. The van der Waals surface area contributed by atoms with Crippen molar-refractivity contribution in [2.45, 2.75) is 58.0 Å². The number of rotatable bonds is 10. The Balaban J connectivity index is 1.57. The number of nitrogens with zero attached hydrogens (tertiary/aromatic N) is 1. The summed E-state index contributed by atoms with van der Waals surface area (Å²) in [5.41, 5.74) is 4.73. The van der Waals surface area contributed by atoms with Gasteiger partial charge in [-0.25, -0.2) is 4.98 Å². The van der Waals surface area contributed by atoms with Gasteiger partial charge >= 0.3 is 0 Å². The van der Waals surface area contributed by atoms with Crippen LogP contribution in [0.15, 0.2) is 53.5 Å². The predicted molar refractivity (Wildman–Crippen MR) is 134 cm³/mol. The molecule has 4 rings (SSSR count). The summed E-state index contributed by atoms with van der Waals surface area (Å²) >= 11 is 0. The second-order valence-corrected chi connectivity index (χ2v) is 8.81. The number of H-pyrrole nitrogens is 1. The Morgan fingerprint density at radius 2 is 1.85 bits per heavy atom. The molecule has 0 bridgehead atoms. The number of benzene rings is 1. The van der Waals surface area contributed by atoms with E-state index in [1.165, 1.54) is 17.2 Å². The van der Waals surface area contributed by atoms with Gasteiger partial charge in [0.2, 0.25) is 5.88 Å². The highest BCUT2D eigenvalue weighted by Crippen LogP contribution is 2.24. The van der Waals surface area contributed by atoms with Crippen molar-refractivity contribution in [1.29, 1.82) is 0 Å². The van der Waals surface area contributed by atoms with E-state index in [0.29, 0.717) is 30.4 Å². The van der Waals surface area contributed by atoms with E-state index in [2.05, 4.69) is 41.2 Å². The normalized spacial score (nSPS) is 15.8. The van der Waals surface area contributed by atoms with Gasteiger partial charge in [0.1, 0.15) is 6.61 Å². The highest BCUT2D eigenvalue weighted by molar-refractivity contribution is 5.66. The summed E-state index contributed by atoms with van der Waals surface area (Å²) in [6, 6.07) is 13.9. The van der Waals surface area contributed by atoms with Crippen LogP contribution in [0.3, 0.4) is 0 Å². The van der Waals surface area contributed by atoms with Crippen LogP contribution in [0.1, 0.15) is 49.4 Å². The Morgan fingerprint density at radius 3 is 2.50 bits per heavy atom. The minimum Gasteiger partial charge on any atom is -0.481 e. The van der Waals surface area contributed by atoms with Crippen molar-refractivity contribution in [2.75, 3.05) is 20.3 Å². The summed E-state index contributed by atoms with van der Waals surface area (Å²) in [6.45, 7) is 3.41. The van der Waals surface area contributed by atoms with Gasteiger partial charge in [0.15, 0.2) is 11.3 Å². The fourth-order valence-corrected chi connectivity index (χ4v) is 4.37. The zero-order chi connectivity index (χ0) is 23.8. The van der Waals surface area contributed by atoms with Crippen LogP contribution in [0.4, 0.5) is 0 Å². The molecule has 0 aliphatic carbocycles. The van der Waals surface area contributed by atoms with Gasteiger partial charge < -0.3 is 19.2 Å². The predicted octanol–water partition coefficient (Wildman–Crippen LogP) is 5.13. The second kappa shape index (κ2) is 11.8. The third-order valence-electron chi connectivity index (χ3n) is 6.24. The third-order valence-corrected chi connectivity index (χ3v) is 6.24. The Hall–Kier alpha value is -3.12. The van der Waals surface area contributed by atoms with Crippen molar-refractivity contribution >= 4 is 0 Å². The number of hydrogen-bond donors (Lipinski definition) is 1. The van der Waals surface area contributed by atoms with Gasteiger partial charge in [-0.05, 0) is 55.7 Å². The Bertz CT molecular complexity index is 1100. The van der Waals surface area contributed by atoms with Gasteiger partial charge in [0.05, 0.1) is 18.8 Å². The van der Waals surface area contributed by atoms with Gasteiger partial charge in [0.25, 0.3) is 0 Å². The van der Waals surface area contributed by atoms with Crippen LogP contribution >= 0.6 is 0 Å². The highest BCUT2D eigenvalue weighted by Gasteiger charge is 2.17. The van der Waals surface area contributed by atoms with Crippen molar-refractivity contribution in [2.24, 2.45) is 0 Å². The lowest BCUT2D eigenvalue weighted by molar-refractivity contribution is -0.0119. The van der Waals surface area contributed by atoms with Crippen LogP contribution in [-0.2, 0) is 24.0 Å². The molecule has 3 aromatic rings. The van der Waals surface area contributed by atoms with Gasteiger partial charge in [-0.2, -0.15) is 0 Å². The molecule has 1 fully saturated rings. The summed E-state index contributed by atoms with van der Waals surface area (Å²) in [5, 5.41) is 0. The molecular weight excluding hydrogens is 428 g/mol. The molecule has 3 heterocycles. The molecule has 1 aromatic carbocycles. The largest absolute Gasteiger partial charge is 0.481 e. The molecule has 0 amide bonds. The van der Waals surface area contributed by atoms with Gasteiger partial charge in [0, 0.05) is 36.2 Å². The lowest BCUT2D eigenvalue weighted by Crippen LogP contribution is -2.26. The Kier molecular flexibility index (Phi) is 8.36. The van der Waals surface area contributed by atoms with Crippen LogP contribution in [0.25, 0.3) is 11.1 Å². The van der Waals surface area contributed by atoms with E-state index in [1.807, 2.05) is 6.07 Å². The van der Waals surface area contributed by atoms with E-state index in [1.54, 1.807) is 19.4 Å². The Morgan fingerprint density at radius 1 is 1.06 bits per heavy atom. The van der Waals surface area contributed by atoms with Crippen LogP contribution in [-0.4, -0.2) is 36.4 Å². The van der Waals surface area contributed by atoms with Gasteiger partial charge in [-0.1, -0.05) is 37.6 Å². The molecule has 0 radical (unpaired) electrons. The number of aromatic amines is 1. The number of aromatic nitrogens is 2. The molecule has 1 atom stereocenters. The molecule has 6 nitrogen and oxygen atoms in total. The summed E-state index contributed by atoms with van der Waals surface area (Å²) in [7, 11) is 1.58. The highest BCUT2D eigenvalue weighted by atomic mass is 16.5. The zero-order valence-corrected chi connectivity index (χ0v) is 20.1. The molecule has 1 N–H and O–H groups in total. The van der Waals surface area contributed by atoms with Gasteiger partial charge in [-0.15, -0.1) is 0 Å². The summed E-state index contributed by atoms with van der Waals surface area (Å²) in [6.07, 6.45) is 8.72. The van der Waals surface area contributed by atoms with E-state index in [0.717, 1.165) is 56.4 Å². The van der Waals surface area contributed by atoms with Crippen molar-refractivity contribution in [3.8, 4) is 22.9 Å². The van der Waals surface area contributed by atoms with Crippen LogP contribution < -0.4 is 14.9 Å². The van der Waals surface area contributed by atoms with E-state index >= 15 is 0 Å². The lowest BCUT2D eigenvalue weighted by atomic mass is 9.99. The molecule has 1 aliphatic rings. The molecule has 1 unspecified atom stereocenters. The summed E-state index contributed by atoms with van der Waals surface area (Å²) < 4.78 is 16.9. The minimum absolute atomic E-state index is 0.0767. The van der Waals surface area contributed by atoms with Crippen molar-refractivity contribution in [3.63, 3.8) is 0 Å².